The number of rotatable bonds is 5. The Hall–Kier alpha value is -1.86. The van der Waals surface area contributed by atoms with Gasteiger partial charge in [0.2, 0.25) is 5.91 Å². The predicted octanol–water partition coefficient (Wildman–Crippen LogP) is 4.47. The summed E-state index contributed by atoms with van der Waals surface area (Å²) >= 11 is 7.68. The lowest BCUT2D eigenvalue weighted by molar-refractivity contribution is -0.119. The van der Waals surface area contributed by atoms with Crippen LogP contribution in [0.5, 0.6) is 0 Å². The maximum Gasteiger partial charge on any atom is 0.341 e. The van der Waals surface area contributed by atoms with Crippen molar-refractivity contribution in [2.75, 3.05) is 11.9 Å². The number of thiophene rings is 1. The van der Waals surface area contributed by atoms with Gasteiger partial charge in [0.25, 0.3) is 0 Å². The average Bonchev–Trinajstić information content (AvgIpc) is 3.13. The molecule has 0 saturated heterocycles. The van der Waals surface area contributed by atoms with Gasteiger partial charge < -0.3 is 10.1 Å². The van der Waals surface area contributed by atoms with Gasteiger partial charge >= 0.3 is 5.97 Å². The molecule has 0 saturated carbocycles. The third kappa shape index (κ3) is 3.75. The van der Waals surface area contributed by atoms with Crippen molar-refractivity contribution in [2.45, 2.75) is 59.4 Å². The number of esters is 1. The second kappa shape index (κ2) is 8.02. The maximum atomic E-state index is 12.9. The number of carbonyl (C=O) groups is 2. The molecule has 1 unspecified atom stereocenters. The van der Waals surface area contributed by atoms with Crippen LogP contribution in [0.2, 0.25) is 5.02 Å². The van der Waals surface area contributed by atoms with E-state index < -0.39 is 6.04 Å². The number of hydrogen-bond donors (Lipinski definition) is 1. The summed E-state index contributed by atoms with van der Waals surface area (Å²) < 4.78 is 6.85. The molecule has 1 aliphatic carbocycles. The summed E-state index contributed by atoms with van der Waals surface area (Å²) in [5.74, 6) is -0.601. The monoisotopic (exact) mass is 409 g/mol. The molecule has 27 heavy (non-hydrogen) atoms. The van der Waals surface area contributed by atoms with E-state index in [1.54, 1.807) is 18.5 Å². The third-order valence-electron chi connectivity index (χ3n) is 4.87. The fraction of sp³-hybridized carbons (Fsp3) is 0.526. The summed E-state index contributed by atoms with van der Waals surface area (Å²) in [6.45, 7) is 7.49. The quantitative estimate of drug-likeness (QED) is 0.739. The second-order valence-electron chi connectivity index (χ2n) is 6.73. The fourth-order valence-electron chi connectivity index (χ4n) is 3.42. The van der Waals surface area contributed by atoms with Gasteiger partial charge in [0.05, 0.1) is 28.6 Å². The molecule has 0 aliphatic heterocycles. The Balaban J connectivity index is 1.90. The summed E-state index contributed by atoms with van der Waals surface area (Å²) in [5, 5.41) is 8.43. The highest BCUT2D eigenvalue weighted by atomic mass is 35.5. The number of aromatic nitrogens is 2. The lowest BCUT2D eigenvalue weighted by atomic mass is 9.95. The largest absolute Gasteiger partial charge is 0.462 e. The molecule has 8 heteroatoms. The lowest BCUT2D eigenvalue weighted by Gasteiger charge is -2.15. The van der Waals surface area contributed by atoms with E-state index in [0.29, 0.717) is 27.9 Å². The molecule has 1 amide bonds. The first-order chi connectivity index (χ1) is 12.8. The van der Waals surface area contributed by atoms with Crippen LogP contribution in [0.25, 0.3) is 0 Å². The number of ether oxygens (including phenoxy) is 1. The van der Waals surface area contributed by atoms with Crippen LogP contribution in [0.4, 0.5) is 5.00 Å². The van der Waals surface area contributed by atoms with Crippen molar-refractivity contribution in [3.63, 3.8) is 0 Å². The SMILES string of the molecule is CCOC(=O)c1c(NC(=O)C(C)n2nc(C)c(Cl)c2C)sc2c1CCCC2. The summed E-state index contributed by atoms with van der Waals surface area (Å²) in [6, 6.07) is -0.551. The van der Waals surface area contributed by atoms with Gasteiger partial charge in [-0.2, -0.15) is 5.10 Å². The Bertz CT molecular complexity index is 887. The van der Waals surface area contributed by atoms with Crippen molar-refractivity contribution in [1.82, 2.24) is 9.78 Å². The van der Waals surface area contributed by atoms with Crippen LogP contribution < -0.4 is 5.32 Å². The molecular weight excluding hydrogens is 386 g/mol. The smallest absolute Gasteiger partial charge is 0.341 e. The second-order valence-corrected chi connectivity index (χ2v) is 8.21. The summed E-state index contributed by atoms with van der Waals surface area (Å²) in [4.78, 5) is 26.6. The van der Waals surface area contributed by atoms with Gasteiger partial charge in [-0.25, -0.2) is 4.79 Å². The van der Waals surface area contributed by atoms with Crippen LogP contribution in [0.15, 0.2) is 0 Å². The van der Waals surface area contributed by atoms with Crippen molar-refractivity contribution < 1.29 is 14.3 Å². The molecule has 6 nitrogen and oxygen atoms in total. The molecule has 1 aliphatic rings. The lowest BCUT2D eigenvalue weighted by Crippen LogP contribution is -2.26. The van der Waals surface area contributed by atoms with Gasteiger partial charge in [0, 0.05) is 4.88 Å². The molecule has 1 atom stereocenters. The zero-order valence-corrected chi connectivity index (χ0v) is 17.6. The Morgan fingerprint density at radius 3 is 2.67 bits per heavy atom. The van der Waals surface area contributed by atoms with E-state index in [0.717, 1.165) is 36.9 Å². The first-order valence-electron chi connectivity index (χ1n) is 9.18. The van der Waals surface area contributed by atoms with E-state index in [9.17, 15) is 9.59 Å². The molecule has 1 N–H and O–H groups in total. The first-order valence-corrected chi connectivity index (χ1v) is 10.4. The van der Waals surface area contributed by atoms with Crippen molar-refractivity contribution >= 4 is 39.8 Å². The highest BCUT2D eigenvalue weighted by molar-refractivity contribution is 7.17. The van der Waals surface area contributed by atoms with Crippen LogP contribution in [0, 0.1) is 13.8 Å². The molecule has 0 spiro atoms. The van der Waals surface area contributed by atoms with Crippen molar-refractivity contribution in [1.29, 1.82) is 0 Å². The van der Waals surface area contributed by atoms with Crippen molar-refractivity contribution in [3.05, 3.63) is 32.4 Å². The molecule has 0 bridgehead atoms. The molecule has 146 valence electrons. The van der Waals surface area contributed by atoms with E-state index >= 15 is 0 Å². The topological polar surface area (TPSA) is 73.2 Å². The van der Waals surface area contributed by atoms with Crippen LogP contribution in [-0.4, -0.2) is 28.3 Å². The van der Waals surface area contributed by atoms with Gasteiger partial charge in [0.1, 0.15) is 11.0 Å². The highest BCUT2D eigenvalue weighted by Crippen LogP contribution is 2.39. The van der Waals surface area contributed by atoms with E-state index in [1.165, 1.54) is 16.2 Å². The minimum Gasteiger partial charge on any atom is -0.462 e. The zero-order chi connectivity index (χ0) is 19.7. The maximum absolute atomic E-state index is 12.9. The number of nitrogens with zero attached hydrogens (tertiary/aromatic N) is 2. The minimum absolute atomic E-state index is 0.235. The normalized spacial score (nSPS) is 14.6. The van der Waals surface area contributed by atoms with Gasteiger partial charge in [0.15, 0.2) is 0 Å². The van der Waals surface area contributed by atoms with Crippen LogP contribution in [-0.2, 0) is 22.4 Å². The van der Waals surface area contributed by atoms with Gasteiger partial charge in [-0.3, -0.25) is 9.48 Å². The van der Waals surface area contributed by atoms with Crippen molar-refractivity contribution in [3.8, 4) is 0 Å². The number of anilines is 1. The summed E-state index contributed by atoms with van der Waals surface area (Å²) in [6.07, 6.45) is 3.93. The van der Waals surface area contributed by atoms with Crippen LogP contribution in [0.1, 0.15) is 64.9 Å². The van der Waals surface area contributed by atoms with Crippen LogP contribution >= 0.6 is 22.9 Å². The molecule has 0 fully saturated rings. The number of fused-ring (bicyclic) bond motifs is 1. The standard InChI is InChI=1S/C19H24ClN3O3S/c1-5-26-19(25)15-13-8-6-7-9-14(13)27-18(15)21-17(24)12(4)23-11(3)16(20)10(2)22-23/h12H,5-9H2,1-4H3,(H,21,24). The van der Waals surface area contributed by atoms with Gasteiger partial charge in [-0.05, 0) is 58.9 Å². The Kier molecular flexibility index (Phi) is 5.91. The van der Waals surface area contributed by atoms with Gasteiger partial charge in [-0.15, -0.1) is 11.3 Å². The number of nitrogens with one attached hydrogen (secondary N) is 1. The molecule has 3 rings (SSSR count). The minimum atomic E-state index is -0.551. The number of hydrogen-bond acceptors (Lipinski definition) is 5. The average molecular weight is 410 g/mol. The Morgan fingerprint density at radius 1 is 1.33 bits per heavy atom. The number of carbonyl (C=O) groups excluding carboxylic acids is 2. The highest BCUT2D eigenvalue weighted by Gasteiger charge is 2.29. The summed E-state index contributed by atoms with van der Waals surface area (Å²) in [7, 11) is 0. The number of amides is 1. The van der Waals surface area contributed by atoms with E-state index in [4.69, 9.17) is 16.3 Å². The number of aryl methyl sites for hydroxylation is 2. The third-order valence-corrected chi connectivity index (χ3v) is 6.62. The Morgan fingerprint density at radius 2 is 2.04 bits per heavy atom. The Labute approximate surface area is 167 Å². The van der Waals surface area contributed by atoms with E-state index in [1.807, 2.05) is 13.8 Å². The fourth-order valence-corrected chi connectivity index (χ4v) is 4.83. The zero-order valence-electron chi connectivity index (χ0n) is 16.0. The molecule has 2 heterocycles. The molecule has 0 aromatic carbocycles. The molecular formula is C19H24ClN3O3S. The molecule has 2 aromatic rings. The number of halogens is 1. The van der Waals surface area contributed by atoms with Gasteiger partial charge in [-0.1, -0.05) is 11.6 Å². The van der Waals surface area contributed by atoms with Crippen LogP contribution in [0.3, 0.4) is 0 Å². The van der Waals surface area contributed by atoms with Crippen molar-refractivity contribution in [2.24, 2.45) is 0 Å². The molecule has 0 radical (unpaired) electrons. The van der Waals surface area contributed by atoms with E-state index in [2.05, 4.69) is 10.4 Å². The summed E-state index contributed by atoms with van der Waals surface area (Å²) in [5.41, 5.74) is 2.98. The van der Waals surface area contributed by atoms with E-state index in [-0.39, 0.29) is 11.9 Å². The molecule has 2 aromatic heterocycles. The predicted molar refractivity (Wildman–Crippen MR) is 107 cm³/mol. The first kappa shape index (κ1) is 19.9.